The molecule has 15 heavy (non-hydrogen) atoms. The van der Waals surface area contributed by atoms with E-state index in [1.54, 1.807) is 0 Å². The first kappa shape index (κ1) is 11.9. The van der Waals surface area contributed by atoms with Gasteiger partial charge in [-0.1, -0.05) is 0 Å². The normalized spacial score (nSPS) is 12.3. The summed E-state index contributed by atoms with van der Waals surface area (Å²) in [5, 5.41) is 19.1. The van der Waals surface area contributed by atoms with Gasteiger partial charge in [0.2, 0.25) is 5.75 Å². The highest BCUT2D eigenvalue weighted by molar-refractivity contribution is 6.18. The first-order valence-corrected chi connectivity index (χ1v) is 4.86. The fourth-order valence-corrected chi connectivity index (χ4v) is 1.37. The van der Waals surface area contributed by atoms with Gasteiger partial charge in [-0.2, -0.15) is 0 Å². The van der Waals surface area contributed by atoms with E-state index in [4.69, 9.17) is 21.1 Å². The van der Waals surface area contributed by atoms with Crippen LogP contribution in [-0.2, 0) is 0 Å². The van der Waals surface area contributed by atoms with Crippen LogP contribution in [0.2, 0.25) is 0 Å². The van der Waals surface area contributed by atoms with E-state index in [0.717, 1.165) is 0 Å². The van der Waals surface area contributed by atoms with E-state index < -0.39 is 6.10 Å². The standard InChI is InChI=1S/C10H13ClO4/c1-14-8-3-6(7(12)5-11)4-9(15-2)10(8)13/h3-4,7,12-13H,5H2,1-2H3. The van der Waals surface area contributed by atoms with Crippen LogP contribution < -0.4 is 9.47 Å². The topological polar surface area (TPSA) is 58.9 Å². The van der Waals surface area contributed by atoms with Gasteiger partial charge in [-0.3, -0.25) is 0 Å². The molecular formula is C10H13ClO4. The lowest BCUT2D eigenvalue weighted by atomic mass is 10.1. The molecule has 0 aliphatic heterocycles. The molecule has 1 aromatic carbocycles. The molecule has 0 aromatic heterocycles. The number of ether oxygens (including phenoxy) is 2. The van der Waals surface area contributed by atoms with Gasteiger partial charge in [-0.15, -0.1) is 11.6 Å². The number of methoxy groups -OCH3 is 2. The number of halogens is 1. The van der Waals surface area contributed by atoms with Gasteiger partial charge in [0.1, 0.15) is 0 Å². The van der Waals surface area contributed by atoms with Crippen molar-refractivity contribution in [2.75, 3.05) is 20.1 Å². The monoisotopic (exact) mass is 232 g/mol. The largest absolute Gasteiger partial charge is 0.502 e. The Bertz CT molecular complexity index is 315. The molecule has 0 saturated carbocycles. The first-order valence-electron chi connectivity index (χ1n) is 4.33. The first-order chi connectivity index (χ1) is 7.13. The minimum atomic E-state index is -0.810. The lowest BCUT2D eigenvalue weighted by molar-refractivity contribution is 0.201. The average molecular weight is 233 g/mol. The molecule has 0 aliphatic carbocycles. The van der Waals surface area contributed by atoms with Crippen molar-refractivity contribution >= 4 is 11.6 Å². The average Bonchev–Trinajstić information content (AvgIpc) is 2.28. The van der Waals surface area contributed by atoms with Crippen LogP contribution in [-0.4, -0.2) is 30.3 Å². The zero-order valence-corrected chi connectivity index (χ0v) is 9.28. The van der Waals surface area contributed by atoms with Crippen LogP contribution in [0, 0.1) is 0 Å². The van der Waals surface area contributed by atoms with Crippen molar-refractivity contribution < 1.29 is 19.7 Å². The van der Waals surface area contributed by atoms with Crippen LogP contribution in [0.4, 0.5) is 0 Å². The van der Waals surface area contributed by atoms with Crippen molar-refractivity contribution in [3.8, 4) is 17.2 Å². The summed E-state index contributed by atoms with van der Waals surface area (Å²) in [4.78, 5) is 0. The molecule has 1 atom stereocenters. The van der Waals surface area contributed by atoms with Gasteiger partial charge in [-0.05, 0) is 17.7 Å². The number of rotatable bonds is 4. The molecule has 0 radical (unpaired) electrons. The third-order valence-corrected chi connectivity index (χ3v) is 2.33. The number of benzene rings is 1. The van der Waals surface area contributed by atoms with E-state index >= 15 is 0 Å². The minimum Gasteiger partial charge on any atom is -0.502 e. The van der Waals surface area contributed by atoms with Crippen LogP contribution in [0.5, 0.6) is 17.2 Å². The predicted octanol–water partition coefficient (Wildman–Crippen LogP) is 1.68. The van der Waals surface area contributed by atoms with E-state index in [1.807, 2.05) is 0 Å². The molecule has 0 fully saturated rings. The number of phenols is 1. The van der Waals surface area contributed by atoms with Crippen LogP contribution in [0.15, 0.2) is 12.1 Å². The van der Waals surface area contributed by atoms with Gasteiger partial charge < -0.3 is 19.7 Å². The van der Waals surface area contributed by atoms with E-state index in [0.29, 0.717) is 5.56 Å². The number of aliphatic hydroxyl groups excluding tert-OH is 1. The molecule has 2 N–H and O–H groups in total. The Kier molecular flexibility index (Phi) is 4.05. The Balaban J connectivity index is 3.20. The number of hydrogen-bond donors (Lipinski definition) is 2. The molecule has 1 aromatic rings. The molecule has 0 aliphatic rings. The van der Waals surface area contributed by atoms with Gasteiger partial charge in [0, 0.05) is 0 Å². The van der Waals surface area contributed by atoms with Crippen LogP contribution in [0.3, 0.4) is 0 Å². The molecule has 0 bridgehead atoms. The van der Waals surface area contributed by atoms with E-state index in [2.05, 4.69) is 0 Å². The van der Waals surface area contributed by atoms with Crippen molar-refractivity contribution in [1.82, 2.24) is 0 Å². The Morgan fingerprint density at radius 3 is 2.07 bits per heavy atom. The van der Waals surface area contributed by atoms with Crippen molar-refractivity contribution in [1.29, 1.82) is 0 Å². The summed E-state index contributed by atoms with van der Waals surface area (Å²) < 4.78 is 9.88. The zero-order valence-electron chi connectivity index (χ0n) is 8.53. The third-order valence-electron chi connectivity index (χ3n) is 2.03. The lowest BCUT2D eigenvalue weighted by Gasteiger charge is -2.13. The molecular weight excluding hydrogens is 220 g/mol. The molecule has 0 heterocycles. The van der Waals surface area contributed by atoms with Gasteiger partial charge in [-0.25, -0.2) is 0 Å². The Morgan fingerprint density at radius 1 is 1.27 bits per heavy atom. The van der Waals surface area contributed by atoms with Crippen LogP contribution >= 0.6 is 11.6 Å². The van der Waals surface area contributed by atoms with Crippen molar-refractivity contribution in [2.24, 2.45) is 0 Å². The van der Waals surface area contributed by atoms with Gasteiger partial charge in [0.15, 0.2) is 11.5 Å². The second-order valence-corrected chi connectivity index (χ2v) is 3.25. The van der Waals surface area contributed by atoms with Crippen molar-refractivity contribution in [3.63, 3.8) is 0 Å². The van der Waals surface area contributed by atoms with E-state index in [9.17, 15) is 10.2 Å². The minimum absolute atomic E-state index is 0.0666. The highest BCUT2D eigenvalue weighted by atomic mass is 35.5. The summed E-state index contributed by atoms with van der Waals surface area (Å²) in [5.41, 5.74) is 0.538. The Morgan fingerprint density at radius 2 is 1.73 bits per heavy atom. The highest BCUT2D eigenvalue weighted by Crippen LogP contribution is 2.38. The number of hydrogen-bond acceptors (Lipinski definition) is 4. The second-order valence-electron chi connectivity index (χ2n) is 2.94. The zero-order chi connectivity index (χ0) is 11.4. The van der Waals surface area contributed by atoms with Gasteiger partial charge in [0.25, 0.3) is 0 Å². The molecule has 84 valence electrons. The maximum atomic E-state index is 9.60. The lowest BCUT2D eigenvalue weighted by Crippen LogP contribution is -2.00. The van der Waals surface area contributed by atoms with Gasteiger partial charge >= 0.3 is 0 Å². The number of phenolic OH excluding ortho intramolecular Hbond substituents is 1. The molecule has 0 amide bonds. The number of alkyl halides is 1. The summed E-state index contributed by atoms with van der Waals surface area (Å²) in [7, 11) is 2.84. The maximum Gasteiger partial charge on any atom is 0.200 e. The van der Waals surface area contributed by atoms with E-state index in [1.165, 1.54) is 26.4 Å². The molecule has 5 heteroatoms. The summed E-state index contributed by atoms with van der Waals surface area (Å²) >= 11 is 5.52. The van der Waals surface area contributed by atoms with Crippen molar-refractivity contribution in [3.05, 3.63) is 17.7 Å². The Labute approximate surface area is 93.0 Å². The highest BCUT2D eigenvalue weighted by Gasteiger charge is 2.15. The fourth-order valence-electron chi connectivity index (χ4n) is 1.20. The van der Waals surface area contributed by atoms with Gasteiger partial charge in [0.05, 0.1) is 26.2 Å². The SMILES string of the molecule is COc1cc(C(O)CCl)cc(OC)c1O. The maximum absolute atomic E-state index is 9.60. The van der Waals surface area contributed by atoms with Crippen LogP contribution in [0.1, 0.15) is 11.7 Å². The number of aliphatic hydroxyl groups is 1. The van der Waals surface area contributed by atoms with Crippen LogP contribution in [0.25, 0.3) is 0 Å². The molecule has 0 saturated heterocycles. The number of aromatic hydroxyl groups is 1. The summed E-state index contributed by atoms with van der Waals surface area (Å²) in [5.74, 6) is 0.462. The second kappa shape index (κ2) is 5.09. The fraction of sp³-hybridized carbons (Fsp3) is 0.400. The summed E-state index contributed by atoms with van der Waals surface area (Å²) in [6.45, 7) is 0. The molecule has 1 rings (SSSR count). The molecule has 0 spiro atoms. The molecule has 4 nitrogen and oxygen atoms in total. The Hall–Kier alpha value is -1.13. The quantitative estimate of drug-likeness (QED) is 0.776. The summed E-state index contributed by atoms with van der Waals surface area (Å²) in [6, 6.07) is 3.04. The summed E-state index contributed by atoms with van der Waals surface area (Å²) in [6.07, 6.45) is -0.810. The third kappa shape index (κ3) is 2.46. The van der Waals surface area contributed by atoms with Crippen molar-refractivity contribution in [2.45, 2.75) is 6.10 Å². The predicted molar refractivity (Wildman–Crippen MR) is 56.9 cm³/mol. The van der Waals surface area contributed by atoms with E-state index in [-0.39, 0.29) is 23.1 Å². The molecule has 1 unspecified atom stereocenters. The smallest absolute Gasteiger partial charge is 0.200 e.